The van der Waals surface area contributed by atoms with Gasteiger partial charge in [0.05, 0.1) is 13.1 Å². The van der Waals surface area contributed by atoms with Gasteiger partial charge in [-0.25, -0.2) is 4.79 Å². The zero-order valence-corrected chi connectivity index (χ0v) is 15.4. The second kappa shape index (κ2) is 7.96. The molecule has 2 fully saturated rings. The number of nitrogens with one attached hydrogen (secondary N) is 1. The average molecular weight is 372 g/mol. The number of ether oxygens (including phenoxy) is 2. The Bertz CT molecular complexity index is 764. The molecule has 27 heavy (non-hydrogen) atoms. The molecule has 0 atom stereocenters. The van der Waals surface area contributed by atoms with Crippen LogP contribution in [0.3, 0.4) is 0 Å². The molecular formula is C19H24N4O4. The smallest absolute Gasteiger partial charge is 0.317 e. The molecular weight excluding hydrogens is 348 g/mol. The van der Waals surface area contributed by atoms with Gasteiger partial charge in [0.1, 0.15) is 18.5 Å². The standard InChI is InChI=1S/C19H24N4O4/c1-25-12-17-21-18(22-27-17)13-6-8-15(9-7-13)26-16-10-23(11-16)19(24)20-14-4-2-3-5-14/h6-9,14,16H,2-5,10-12H2,1H3,(H,20,24). The number of hydrogen-bond donors (Lipinski definition) is 1. The lowest BCUT2D eigenvalue weighted by molar-refractivity contribution is 0.0435. The van der Waals surface area contributed by atoms with Crippen LogP contribution >= 0.6 is 0 Å². The average Bonchev–Trinajstić information content (AvgIpc) is 3.30. The van der Waals surface area contributed by atoms with Gasteiger partial charge < -0.3 is 24.2 Å². The summed E-state index contributed by atoms with van der Waals surface area (Å²) in [6.07, 6.45) is 4.65. The van der Waals surface area contributed by atoms with Gasteiger partial charge in [0, 0.05) is 18.7 Å². The predicted octanol–water partition coefficient (Wildman–Crippen LogP) is 2.60. The highest BCUT2D eigenvalue weighted by Crippen LogP contribution is 2.23. The molecule has 0 bridgehead atoms. The molecule has 1 saturated carbocycles. The third-order valence-electron chi connectivity index (χ3n) is 4.97. The first-order chi connectivity index (χ1) is 13.2. The molecule has 0 unspecified atom stereocenters. The van der Waals surface area contributed by atoms with Crippen LogP contribution in [0.25, 0.3) is 11.4 Å². The van der Waals surface area contributed by atoms with Crippen molar-refractivity contribution in [3.05, 3.63) is 30.2 Å². The van der Waals surface area contributed by atoms with Crippen molar-refractivity contribution in [1.29, 1.82) is 0 Å². The first-order valence-corrected chi connectivity index (χ1v) is 9.35. The number of carbonyl (C=O) groups is 1. The molecule has 1 saturated heterocycles. The molecule has 0 spiro atoms. The highest BCUT2D eigenvalue weighted by molar-refractivity contribution is 5.75. The fourth-order valence-electron chi connectivity index (χ4n) is 3.44. The van der Waals surface area contributed by atoms with Crippen molar-refractivity contribution >= 4 is 6.03 Å². The van der Waals surface area contributed by atoms with Gasteiger partial charge in [-0.15, -0.1) is 0 Å². The SMILES string of the molecule is COCc1nc(-c2ccc(OC3CN(C(=O)NC4CCCC4)C3)cc2)no1. The summed E-state index contributed by atoms with van der Waals surface area (Å²) in [5, 5.41) is 7.04. The summed E-state index contributed by atoms with van der Waals surface area (Å²) in [6.45, 7) is 1.53. The maximum atomic E-state index is 12.2. The van der Waals surface area contributed by atoms with Gasteiger partial charge in [-0.2, -0.15) is 4.98 Å². The monoisotopic (exact) mass is 372 g/mol. The lowest BCUT2D eigenvalue weighted by Crippen LogP contribution is -2.59. The molecule has 8 heteroatoms. The zero-order valence-electron chi connectivity index (χ0n) is 15.4. The Balaban J connectivity index is 1.25. The van der Waals surface area contributed by atoms with Crippen molar-refractivity contribution in [2.75, 3.05) is 20.2 Å². The number of aromatic nitrogens is 2. The van der Waals surface area contributed by atoms with Gasteiger partial charge in [0.2, 0.25) is 5.82 Å². The maximum absolute atomic E-state index is 12.2. The van der Waals surface area contributed by atoms with E-state index in [0.29, 0.717) is 37.5 Å². The minimum absolute atomic E-state index is 0.0288. The molecule has 1 aliphatic heterocycles. The first kappa shape index (κ1) is 17.8. The fraction of sp³-hybridized carbons (Fsp3) is 0.526. The molecule has 144 valence electrons. The van der Waals surface area contributed by atoms with E-state index < -0.39 is 0 Å². The van der Waals surface area contributed by atoms with E-state index in [1.54, 1.807) is 12.0 Å². The van der Waals surface area contributed by atoms with Crippen molar-refractivity contribution < 1.29 is 18.8 Å². The summed E-state index contributed by atoms with van der Waals surface area (Å²) in [6, 6.07) is 7.91. The highest BCUT2D eigenvalue weighted by atomic mass is 16.5. The largest absolute Gasteiger partial charge is 0.487 e. The fourth-order valence-corrected chi connectivity index (χ4v) is 3.44. The van der Waals surface area contributed by atoms with E-state index in [4.69, 9.17) is 14.0 Å². The van der Waals surface area contributed by atoms with Crippen molar-refractivity contribution in [2.24, 2.45) is 0 Å². The molecule has 2 heterocycles. The second-order valence-corrected chi connectivity index (χ2v) is 7.04. The Morgan fingerprint density at radius 2 is 2.00 bits per heavy atom. The number of hydrogen-bond acceptors (Lipinski definition) is 6. The van der Waals surface area contributed by atoms with Crippen molar-refractivity contribution in [3.8, 4) is 17.1 Å². The summed E-state index contributed by atoms with van der Waals surface area (Å²) in [5.74, 6) is 1.73. The van der Waals surface area contributed by atoms with Gasteiger partial charge in [-0.3, -0.25) is 0 Å². The van der Waals surface area contributed by atoms with Gasteiger partial charge in [-0.05, 0) is 37.1 Å². The van der Waals surface area contributed by atoms with Gasteiger partial charge in [0.25, 0.3) is 5.89 Å². The van der Waals surface area contributed by atoms with E-state index in [2.05, 4.69) is 15.5 Å². The molecule has 1 aromatic carbocycles. The van der Waals surface area contributed by atoms with Gasteiger partial charge >= 0.3 is 6.03 Å². The Hall–Kier alpha value is -2.61. The van der Waals surface area contributed by atoms with Crippen molar-refractivity contribution in [2.45, 2.75) is 44.4 Å². The molecule has 2 aliphatic rings. The third kappa shape index (κ3) is 4.21. The molecule has 2 aromatic rings. The van der Waals surface area contributed by atoms with E-state index >= 15 is 0 Å². The Morgan fingerprint density at radius 1 is 1.26 bits per heavy atom. The van der Waals surface area contributed by atoms with E-state index in [1.807, 2.05) is 24.3 Å². The van der Waals surface area contributed by atoms with E-state index in [-0.39, 0.29) is 12.1 Å². The van der Waals surface area contributed by atoms with E-state index in [1.165, 1.54) is 12.8 Å². The Kier molecular flexibility index (Phi) is 5.24. The summed E-state index contributed by atoms with van der Waals surface area (Å²) < 4.78 is 16.0. The number of amides is 2. The topological polar surface area (TPSA) is 89.7 Å². The van der Waals surface area contributed by atoms with Crippen LogP contribution in [0.4, 0.5) is 4.79 Å². The minimum atomic E-state index is 0.0288. The molecule has 1 N–H and O–H groups in total. The number of carbonyl (C=O) groups excluding carboxylic acids is 1. The summed E-state index contributed by atoms with van der Waals surface area (Å²) in [7, 11) is 1.58. The first-order valence-electron chi connectivity index (χ1n) is 9.35. The van der Waals surface area contributed by atoms with Crippen LogP contribution in [0.15, 0.2) is 28.8 Å². The number of nitrogens with zero attached hydrogens (tertiary/aromatic N) is 3. The van der Waals surface area contributed by atoms with Crippen molar-refractivity contribution in [3.63, 3.8) is 0 Å². The number of methoxy groups -OCH3 is 1. The summed E-state index contributed by atoms with van der Waals surface area (Å²) in [4.78, 5) is 18.2. The molecule has 8 nitrogen and oxygen atoms in total. The zero-order chi connectivity index (χ0) is 18.6. The summed E-state index contributed by atoms with van der Waals surface area (Å²) in [5.41, 5.74) is 0.847. The van der Waals surface area contributed by atoms with Crippen LogP contribution in [0.5, 0.6) is 5.75 Å². The van der Waals surface area contributed by atoms with Crippen LogP contribution in [-0.2, 0) is 11.3 Å². The molecule has 1 aliphatic carbocycles. The third-order valence-corrected chi connectivity index (χ3v) is 4.97. The van der Waals surface area contributed by atoms with E-state index in [9.17, 15) is 4.79 Å². The van der Waals surface area contributed by atoms with Crippen LogP contribution in [0, 0.1) is 0 Å². The van der Waals surface area contributed by atoms with Crippen LogP contribution in [0.1, 0.15) is 31.6 Å². The van der Waals surface area contributed by atoms with E-state index in [0.717, 1.165) is 24.2 Å². The summed E-state index contributed by atoms with van der Waals surface area (Å²) >= 11 is 0. The van der Waals surface area contributed by atoms with Crippen molar-refractivity contribution in [1.82, 2.24) is 20.4 Å². The lowest BCUT2D eigenvalue weighted by Gasteiger charge is -2.39. The normalized spacial score (nSPS) is 17.7. The predicted molar refractivity (Wildman–Crippen MR) is 97.2 cm³/mol. The van der Waals surface area contributed by atoms with Crippen LogP contribution in [0.2, 0.25) is 0 Å². The second-order valence-electron chi connectivity index (χ2n) is 7.04. The Labute approximate surface area is 157 Å². The molecule has 2 amide bonds. The van der Waals surface area contributed by atoms with Gasteiger partial charge in [0.15, 0.2) is 0 Å². The minimum Gasteiger partial charge on any atom is -0.487 e. The highest BCUT2D eigenvalue weighted by Gasteiger charge is 2.33. The van der Waals surface area contributed by atoms with Crippen LogP contribution < -0.4 is 10.1 Å². The number of rotatable bonds is 6. The van der Waals surface area contributed by atoms with Gasteiger partial charge in [-0.1, -0.05) is 18.0 Å². The number of benzene rings is 1. The molecule has 0 radical (unpaired) electrons. The number of likely N-dealkylation sites (tertiary alicyclic amines) is 1. The number of urea groups is 1. The van der Waals surface area contributed by atoms with Crippen LogP contribution in [-0.4, -0.2) is 53.4 Å². The maximum Gasteiger partial charge on any atom is 0.317 e. The molecule has 1 aromatic heterocycles. The quantitative estimate of drug-likeness (QED) is 0.838. The lowest BCUT2D eigenvalue weighted by atomic mass is 10.1. The molecule has 4 rings (SSSR count). The Morgan fingerprint density at radius 3 is 2.70 bits per heavy atom.